The number of hydrogen-bond acceptors (Lipinski definition) is 3. The van der Waals surface area contributed by atoms with E-state index >= 15 is 0 Å². The summed E-state index contributed by atoms with van der Waals surface area (Å²) in [5.41, 5.74) is 0.816. The summed E-state index contributed by atoms with van der Waals surface area (Å²) in [4.78, 5) is 11.0. The van der Waals surface area contributed by atoms with Crippen molar-refractivity contribution in [2.45, 2.75) is 12.7 Å². The highest BCUT2D eigenvalue weighted by Crippen LogP contribution is 2.12. The van der Waals surface area contributed by atoms with Crippen LogP contribution >= 0.6 is 0 Å². The second kappa shape index (κ2) is 6.25. The van der Waals surface area contributed by atoms with Crippen molar-refractivity contribution in [3.8, 4) is 5.75 Å². The van der Waals surface area contributed by atoms with E-state index in [-0.39, 0.29) is 12.3 Å². The van der Waals surface area contributed by atoms with E-state index in [4.69, 9.17) is 5.11 Å². The maximum absolute atomic E-state index is 11.8. The molecule has 0 spiro atoms. The molecule has 0 saturated carbocycles. The van der Waals surface area contributed by atoms with Crippen LogP contribution in [0.5, 0.6) is 5.75 Å². The summed E-state index contributed by atoms with van der Waals surface area (Å²) >= 11 is 0. The summed E-state index contributed by atoms with van der Waals surface area (Å²) in [6, 6.07) is 6.27. The van der Waals surface area contributed by atoms with Crippen LogP contribution < -0.4 is 10.6 Å². The molecular weight excluding hydrogens is 249 g/mol. The van der Waals surface area contributed by atoms with Crippen molar-refractivity contribution in [3.63, 3.8) is 0 Å². The molecule has 0 heterocycles. The van der Waals surface area contributed by atoms with Gasteiger partial charge in [-0.1, -0.05) is 12.1 Å². The van der Waals surface area contributed by atoms with E-state index in [0.29, 0.717) is 6.54 Å². The van der Waals surface area contributed by atoms with E-state index in [9.17, 15) is 18.0 Å². The first-order valence-electron chi connectivity index (χ1n) is 5.19. The summed E-state index contributed by atoms with van der Waals surface area (Å²) in [5.74, 6) is -0.590. The Morgan fingerprint density at radius 1 is 1.22 bits per heavy atom. The highest BCUT2D eigenvalue weighted by molar-refractivity contribution is 5.77. The van der Waals surface area contributed by atoms with Gasteiger partial charge in [0, 0.05) is 6.54 Å². The SMILES string of the molecule is O=C(CNCc1ccc(O)cc1)NCC(F)(F)F. The monoisotopic (exact) mass is 262 g/mol. The van der Waals surface area contributed by atoms with Crippen LogP contribution in [0.25, 0.3) is 0 Å². The van der Waals surface area contributed by atoms with Gasteiger partial charge in [0.1, 0.15) is 12.3 Å². The lowest BCUT2D eigenvalue weighted by molar-refractivity contribution is -0.137. The molecule has 0 atom stereocenters. The fourth-order valence-corrected chi connectivity index (χ4v) is 1.20. The van der Waals surface area contributed by atoms with Crippen LogP contribution in [0, 0.1) is 0 Å². The van der Waals surface area contributed by atoms with Crippen molar-refractivity contribution in [2.24, 2.45) is 0 Å². The smallest absolute Gasteiger partial charge is 0.405 e. The van der Waals surface area contributed by atoms with Crippen molar-refractivity contribution in [2.75, 3.05) is 13.1 Å². The van der Waals surface area contributed by atoms with Gasteiger partial charge in [0.2, 0.25) is 5.91 Å². The number of hydrogen-bond donors (Lipinski definition) is 3. The molecule has 0 radical (unpaired) electrons. The van der Waals surface area contributed by atoms with Gasteiger partial charge in [0.05, 0.1) is 6.54 Å². The zero-order valence-corrected chi connectivity index (χ0v) is 9.42. The first-order chi connectivity index (χ1) is 8.37. The Bertz CT molecular complexity index is 390. The van der Waals surface area contributed by atoms with Crippen LogP contribution in [0.4, 0.5) is 13.2 Å². The second-order valence-electron chi connectivity index (χ2n) is 3.66. The Morgan fingerprint density at radius 2 is 1.83 bits per heavy atom. The number of aromatic hydroxyl groups is 1. The van der Waals surface area contributed by atoms with Crippen LogP contribution in [0.3, 0.4) is 0 Å². The third-order valence-corrected chi connectivity index (χ3v) is 2.04. The van der Waals surface area contributed by atoms with Crippen LogP contribution in [-0.2, 0) is 11.3 Å². The zero-order valence-electron chi connectivity index (χ0n) is 9.42. The molecule has 0 aromatic heterocycles. The van der Waals surface area contributed by atoms with Crippen LogP contribution in [0.1, 0.15) is 5.56 Å². The summed E-state index contributed by atoms with van der Waals surface area (Å²) in [6.45, 7) is -1.19. The Morgan fingerprint density at radius 3 is 2.39 bits per heavy atom. The Balaban J connectivity index is 2.21. The van der Waals surface area contributed by atoms with Crippen molar-refractivity contribution in [3.05, 3.63) is 29.8 Å². The molecule has 1 aromatic carbocycles. The maximum Gasteiger partial charge on any atom is 0.405 e. The van der Waals surface area contributed by atoms with E-state index < -0.39 is 18.6 Å². The van der Waals surface area contributed by atoms with Gasteiger partial charge in [-0.25, -0.2) is 0 Å². The van der Waals surface area contributed by atoms with E-state index in [1.807, 2.05) is 0 Å². The summed E-state index contributed by atoms with van der Waals surface area (Å²) < 4.78 is 35.3. The van der Waals surface area contributed by atoms with Crippen LogP contribution in [0.15, 0.2) is 24.3 Å². The van der Waals surface area contributed by atoms with E-state index in [2.05, 4.69) is 5.32 Å². The number of benzene rings is 1. The second-order valence-corrected chi connectivity index (χ2v) is 3.66. The Hall–Kier alpha value is -1.76. The number of carbonyl (C=O) groups excluding carboxylic acids is 1. The summed E-state index contributed by atoms with van der Waals surface area (Å²) in [7, 11) is 0. The van der Waals surface area contributed by atoms with E-state index in [0.717, 1.165) is 5.56 Å². The maximum atomic E-state index is 11.8. The first kappa shape index (κ1) is 14.3. The van der Waals surface area contributed by atoms with Crippen LogP contribution in [-0.4, -0.2) is 30.3 Å². The summed E-state index contributed by atoms with van der Waals surface area (Å²) in [5, 5.41) is 13.5. The lowest BCUT2D eigenvalue weighted by Crippen LogP contribution is -2.39. The fraction of sp³-hybridized carbons (Fsp3) is 0.364. The molecule has 0 aliphatic carbocycles. The normalized spacial score (nSPS) is 11.3. The number of phenolic OH excluding ortho intramolecular Hbond substituents is 1. The number of rotatable bonds is 5. The molecule has 100 valence electrons. The molecule has 0 unspecified atom stereocenters. The van der Waals surface area contributed by atoms with Gasteiger partial charge in [-0.3, -0.25) is 4.79 Å². The van der Waals surface area contributed by atoms with Gasteiger partial charge in [-0.2, -0.15) is 13.2 Å². The minimum atomic E-state index is -4.40. The molecule has 4 nitrogen and oxygen atoms in total. The number of amides is 1. The number of nitrogens with one attached hydrogen (secondary N) is 2. The van der Waals surface area contributed by atoms with Crippen molar-refractivity contribution in [1.82, 2.24) is 10.6 Å². The van der Waals surface area contributed by atoms with Crippen molar-refractivity contribution < 1.29 is 23.1 Å². The first-order valence-corrected chi connectivity index (χ1v) is 5.19. The van der Waals surface area contributed by atoms with E-state index in [1.165, 1.54) is 12.1 Å². The van der Waals surface area contributed by atoms with Crippen molar-refractivity contribution >= 4 is 5.91 Å². The summed E-state index contributed by atoms with van der Waals surface area (Å²) in [6.07, 6.45) is -4.40. The molecule has 0 fully saturated rings. The Kier molecular flexibility index (Phi) is 4.96. The van der Waals surface area contributed by atoms with Gasteiger partial charge < -0.3 is 15.7 Å². The average molecular weight is 262 g/mol. The van der Waals surface area contributed by atoms with Gasteiger partial charge in [0.25, 0.3) is 0 Å². The minimum absolute atomic E-state index is 0.127. The molecule has 7 heteroatoms. The third-order valence-electron chi connectivity index (χ3n) is 2.04. The average Bonchev–Trinajstić information content (AvgIpc) is 2.28. The number of alkyl halides is 3. The standard InChI is InChI=1S/C11H13F3N2O2/c12-11(13,14)7-16-10(18)6-15-5-8-1-3-9(17)4-2-8/h1-4,15,17H,5-7H2,(H,16,18). The molecule has 1 rings (SSSR count). The zero-order chi connectivity index (χ0) is 13.6. The lowest BCUT2D eigenvalue weighted by atomic mass is 10.2. The molecule has 0 aliphatic rings. The van der Waals surface area contributed by atoms with E-state index in [1.54, 1.807) is 17.4 Å². The van der Waals surface area contributed by atoms with Crippen molar-refractivity contribution in [1.29, 1.82) is 0 Å². The molecular formula is C11H13F3N2O2. The van der Waals surface area contributed by atoms with Crippen LogP contribution in [0.2, 0.25) is 0 Å². The molecule has 0 saturated heterocycles. The van der Waals surface area contributed by atoms with Gasteiger partial charge >= 0.3 is 6.18 Å². The third kappa shape index (κ3) is 6.09. The largest absolute Gasteiger partial charge is 0.508 e. The molecule has 18 heavy (non-hydrogen) atoms. The minimum Gasteiger partial charge on any atom is -0.508 e. The van der Waals surface area contributed by atoms with Gasteiger partial charge in [-0.05, 0) is 17.7 Å². The highest BCUT2D eigenvalue weighted by atomic mass is 19.4. The molecule has 0 bridgehead atoms. The highest BCUT2D eigenvalue weighted by Gasteiger charge is 2.27. The number of carbonyl (C=O) groups is 1. The number of phenols is 1. The Labute approximate surface area is 102 Å². The fourth-order valence-electron chi connectivity index (χ4n) is 1.20. The molecule has 0 aliphatic heterocycles. The topological polar surface area (TPSA) is 61.4 Å². The lowest BCUT2D eigenvalue weighted by Gasteiger charge is -2.09. The molecule has 1 amide bonds. The number of halogens is 3. The predicted octanol–water partition coefficient (Wildman–Crippen LogP) is 1.16. The van der Waals surface area contributed by atoms with Gasteiger partial charge in [0.15, 0.2) is 0 Å². The predicted molar refractivity (Wildman–Crippen MR) is 58.9 cm³/mol. The molecule has 1 aromatic rings. The molecule has 3 N–H and O–H groups in total. The quantitative estimate of drug-likeness (QED) is 0.746. The van der Waals surface area contributed by atoms with Gasteiger partial charge in [-0.15, -0.1) is 0 Å².